The highest BCUT2D eigenvalue weighted by Crippen LogP contribution is 2.36. The SMILES string of the molecule is CC(C)CNc1nc(C2CSCCS2)ns1. The molecule has 1 fully saturated rings. The Morgan fingerprint density at radius 1 is 1.44 bits per heavy atom. The Hall–Kier alpha value is 0.0600. The molecule has 0 aromatic carbocycles. The lowest BCUT2D eigenvalue weighted by Gasteiger charge is -2.17. The summed E-state index contributed by atoms with van der Waals surface area (Å²) in [4.78, 5) is 4.57. The molecule has 1 aliphatic heterocycles. The van der Waals surface area contributed by atoms with Crippen LogP contribution in [0.3, 0.4) is 0 Å². The van der Waals surface area contributed by atoms with Crippen LogP contribution in [0.2, 0.25) is 0 Å². The van der Waals surface area contributed by atoms with Crippen LogP contribution in [0, 0.1) is 5.92 Å². The highest BCUT2D eigenvalue weighted by Gasteiger charge is 2.20. The van der Waals surface area contributed by atoms with E-state index >= 15 is 0 Å². The van der Waals surface area contributed by atoms with Crippen LogP contribution in [0.5, 0.6) is 0 Å². The predicted molar refractivity (Wildman–Crippen MR) is 75.8 cm³/mol. The molecule has 1 atom stereocenters. The highest BCUT2D eigenvalue weighted by molar-refractivity contribution is 8.06. The minimum absolute atomic E-state index is 0.504. The lowest BCUT2D eigenvalue weighted by molar-refractivity contribution is 0.688. The molecule has 16 heavy (non-hydrogen) atoms. The first-order chi connectivity index (χ1) is 7.75. The highest BCUT2D eigenvalue weighted by atomic mass is 32.2. The van der Waals surface area contributed by atoms with Crippen LogP contribution >= 0.6 is 35.1 Å². The summed E-state index contributed by atoms with van der Waals surface area (Å²) < 4.78 is 4.45. The largest absolute Gasteiger partial charge is 0.360 e. The van der Waals surface area contributed by atoms with Gasteiger partial charge in [-0.2, -0.15) is 16.1 Å². The van der Waals surface area contributed by atoms with Crippen LogP contribution in [-0.2, 0) is 0 Å². The third-order valence-corrected chi connectivity index (χ3v) is 5.65. The van der Waals surface area contributed by atoms with Crippen molar-refractivity contribution < 1.29 is 0 Å². The van der Waals surface area contributed by atoms with Crippen molar-refractivity contribution in [3.05, 3.63) is 5.82 Å². The van der Waals surface area contributed by atoms with Gasteiger partial charge in [0.1, 0.15) is 0 Å². The summed E-state index contributed by atoms with van der Waals surface area (Å²) in [5.41, 5.74) is 0. The van der Waals surface area contributed by atoms with Crippen molar-refractivity contribution in [2.75, 3.05) is 29.1 Å². The van der Waals surface area contributed by atoms with Crippen LogP contribution < -0.4 is 5.32 Å². The lowest BCUT2D eigenvalue weighted by atomic mass is 10.2. The van der Waals surface area contributed by atoms with E-state index in [0.29, 0.717) is 11.2 Å². The molecular weight excluding hydrogens is 258 g/mol. The fraction of sp³-hybridized carbons (Fsp3) is 0.800. The molecule has 1 aromatic heterocycles. The number of thioether (sulfide) groups is 2. The maximum atomic E-state index is 4.57. The van der Waals surface area contributed by atoms with E-state index in [4.69, 9.17) is 0 Å². The van der Waals surface area contributed by atoms with Gasteiger partial charge in [-0.25, -0.2) is 4.98 Å². The van der Waals surface area contributed by atoms with Crippen LogP contribution in [0.1, 0.15) is 24.9 Å². The van der Waals surface area contributed by atoms with E-state index in [9.17, 15) is 0 Å². The summed E-state index contributed by atoms with van der Waals surface area (Å²) in [6, 6.07) is 0. The van der Waals surface area contributed by atoms with Crippen molar-refractivity contribution >= 4 is 40.2 Å². The Labute approximate surface area is 109 Å². The molecule has 0 aliphatic carbocycles. The standard InChI is InChI=1S/C10H17N3S3/c1-7(2)5-11-10-12-9(13-16-10)8-6-14-3-4-15-8/h7-8H,3-6H2,1-2H3,(H,11,12,13). The van der Waals surface area contributed by atoms with Crippen molar-refractivity contribution in [3.63, 3.8) is 0 Å². The van der Waals surface area contributed by atoms with E-state index < -0.39 is 0 Å². The molecule has 6 heteroatoms. The maximum absolute atomic E-state index is 4.57. The zero-order valence-corrected chi connectivity index (χ0v) is 12.1. The quantitative estimate of drug-likeness (QED) is 0.914. The smallest absolute Gasteiger partial charge is 0.202 e. The second-order valence-corrected chi connectivity index (χ2v) is 7.38. The van der Waals surface area contributed by atoms with E-state index in [-0.39, 0.29) is 0 Å². The molecule has 0 spiro atoms. The summed E-state index contributed by atoms with van der Waals surface area (Å²) in [6.07, 6.45) is 0. The Morgan fingerprint density at radius 3 is 3.00 bits per heavy atom. The Kier molecular flexibility index (Phi) is 4.79. The molecule has 1 saturated heterocycles. The zero-order valence-electron chi connectivity index (χ0n) is 9.60. The van der Waals surface area contributed by atoms with Gasteiger partial charge in [-0.3, -0.25) is 0 Å². The number of hydrogen-bond acceptors (Lipinski definition) is 6. The predicted octanol–water partition coefficient (Wildman–Crippen LogP) is 3.13. The van der Waals surface area contributed by atoms with Gasteiger partial charge >= 0.3 is 0 Å². The van der Waals surface area contributed by atoms with Crippen LogP contribution in [0.15, 0.2) is 0 Å². The van der Waals surface area contributed by atoms with Gasteiger partial charge in [-0.05, 0) is 5.92 Å². The molecule has 2 rings (SSSR count). The first-order valence-corrected chi connectivity index (χ1v) is 8.50. The molecule has 2 heterocycles. The van der Waals surface area contributed by atoms with Crippen molar-refractivity contribution in [1.82, 2.24) is 9.36 Å². The van der Waals surface area contributed by atoms with Crippen molar-refractivity contribution in [1.29, 1.82) is 0 Å². The fourth-order valence-corrected chi connectivity index (χ4v) is 4.66. The molecule has 0 bridgehead atoms. The number of nitrogens with zero attached hydrogens (tertiary/aromatic N) is 2. The summed E-state index contributed by atoms with van der Waals surface area (Å²) in [7, 11) is 0. The molecule has 3 nitrogen and oxygen atoms in total. The van der Waals surface area contributed by atoms with E-state index in [2.05, 4.69) is 28.5 Å². The average molecular weight is 275 g/mol. The molecule has 0 saturated carbocycles. The second kappa shape index (κ2) is 6.12. The number of aromatic nitrogens is 2. The van der Waals surface area contributed by atoms with Gasteiger partial charge in [0, 0.05) is 35.3 Å². The summed E-state index contributed by atoms with van der Waals surface area (Å²) in [6.45, 7) is 5.37. The van der Waals surface area contributed by atoms with E-state index in [1.807, 2.05) is 23.5 Å². The minimum Gasteiger partial charge on any atom is -0.360 e. The molecule has 1 N–H and O–H groups in total. The second-order valence-electron chi connectivity index (χ2n) is 4.17. The van der Waals surface area contributed by atoms with E-state index in [1.165, 1.54) is 23.0 Å². The number of nitrogens with one attached hydrogen (secondary N) is 1. The normalized spacial score (nSPS) is 21.3. The minimum atomic E-state index is 0.504. The maximum Gasteiger partial charge on any atom is 0.202 e. The van der Waals surface area contributed by atoms with Gasteiger partial charge in [0.25, 0.3) is 0 Å². The van der Waals surface area contributed by atoms with Gasteiger partial charge in [0.15, 0.2) is 5.82 Å². The molecule has 1 aromatic rings. The first-order valence-electron chi connectivity index (χ1n) is 5.52. The lowest BCUT2D eigenvalue weighted by Crippen LogP contribution is -2.09. The van der Waals surface area contributed by atoms with Crippen molar-refractivity contribution in [2.24, 2.45) is 5.92 Å². The molecular formula is C10H17N3S3. The van der Waals surface area contributed by atoms with Gasteiger partial charge < -0.3 is 5.32 Å². The molecule has 0 amide bonds. The summed E-state index contributed by atoms with van der Waals surface area (Å²) >= 11 is 5.49. The van der Waals surface area contributed by atoms with E-state index in [0.717, 1.165) is 23.3 Å². The Bertz CT molecular complexity index is 321. The first kappa shape index (κ1) is 12.5. The molecule has 1 aliphatic rings. The van der Waals surface area contributed by atoms with Gasteiger partial charge in [0.05, 0.1) is 5.25 Å². The Balaban J connectivity index is 1.90. The summed E-state index contributed by atoms with van der Waals surface area (Å²) in [5.74, 6) is 5.32. The molecule has 0 radical (unpaired) electrons. The van der Waals surface area contributed by atoms with Crippen molar-refractivity contribution in [3.8, 4) is 0 Å². The van der Waals surface area contributed by atoms with Gasteiger partial charge in [0.2, 0.25) is 5.13 Å². The van der Waals surface area contributed by atoms with Crippen LogP contribution in [0.25, 0.3) is 0 Å². The molecule has 1 unspecified atom stereocenters. The van der Waals surface area contributed by atoms with Crippen molar-refractivity contribution in [2.45, 2.75) is 19.1 Å². The Morgan fingerprint density at radius 2 is 2.31 bits per heavy atom. The van der Waals surface area contributed by atoms with Gasteiger partial charge in [-0.1, -0.05) is 13.8 Å². The van der Waals surface area contributed by atoms with Crippen LogP contribution in [-0.4, -0.2) is 33.2 Å². The van der Waals surface area contributed by atoms with Gasteiger partial charge in [-0.15, -0.1) is 11.8 Å². The zero-order chi connectivity index (χ0) is 11.4. The fourth-order valence-electron chi connectivity index (χ4n) is 1.37. The number of hydrogen-bond donors (Lipinski definition) is 1. The summed E-state index contributed by atoms with van der Waals surface area (Å²) in [5, 5.41) is 4.81. The number of rotatable bonds is 4. The monoisotopic (exact) mass is 275 g/mol. The topological polar surface area (TPSA) is 37.8 Å². The third-order valence-electron chi connectivity index (χ3n) is 2.21. The van der Waals surface area contributed by atoms with E-state index in [1.54, 1.807) is 0 Å². The average Bonchev–Trinajstić information content (AvgIpc) is 2.76. The number of anilines is 1. The molecule has 90 valence electrons. The van der Waals surface area contributed by atoms with Crippen LogP contribution in [0.4, 0.5) is 5.13 Å². The third kappa shape index (κ3) is 3.53.